The summed E-state index contributed by atoms with van der Waals surface area (Å²) in [5, 5.41) is 7.97. The molecule has 1 aliphatic rings. The fraction of sp³-hybridized carbons (Fsp3) is 0.400. The van der Waals surface area contributed by atoms with Crippen LogP contribution in [0.4, 0.5) is 0 Å². The van der Waals surface area contributed by atoms with Crippen LogP contribution in [-0.2, 0) is 16.1 Å². The van der Waals surface area contributed by atoms with Crippen molar-refractivity contribution >= 4 is 17.7 Å². The number of cyclic esters (lactones) is 1. The molecule has 0 radical (unpaired) electrons. The first kappa shape index (κ1) is 14.9. The van der Waals surface area contributed by atoms with Gasteiger partial charge in [-0.05, 0) is 42.8 Å². The van der Waals surface area contributed by atoms with Gasteiger partial charge in [0.05, 0.1) is 6.61 Å². The molecule has 22 heavy (non-hydrogen) atoms. The Morgan fingerprint density at radius 2 is 2.23 bits per heavy atom. The summed E-state index contributed by atoms with van der Waals surface area (Å²) in [5.74, 6) is 0.956. The lowest BCUT2D eigenvalue weighted by atomic mass is 10.1. The van der Waals surface area contributed by atoms with Crippen molar-refractivity contribution in [3.8, 4) is 5.75 Å². The molecule has 1 saturated heterocycles. The maximum Gasteiger partial charge on any atom is 0.319 e. The predicted octanol–water partition coefficient (Wildman–Crippen LogP) is 2.67. The van der Waals surface area contributed by atoms with Crippen molar-refractivity contribution in [3.63, 3.8) is 0 Å². The number of hydrogen-bond donors (Lipinski definition) is 0. The number of thioether (sulfide) groups is 1. The Kier molecular flexibility index (Phi) is 4.33. The lowest BCUT2D eigenvalue weighted by Crippen LogP contribution is -2.09. The predicted molar refractivity (Wildman–Crippen MR) is 79.8 cm³/mol. The van der Waals surface area contributed by atoms with Gasteiger partial charge in [0.15, 0.2) is 6.61 Å². The summed E-state index contributed by atoms with van der Waals surface area (Å²) in [4.78, 5) is 11.4. The van der Waals surface area contributed by atoms with E-state index in [1.165, 1.54) is 11.8 Å². The molecular weight excluding hydrogens is 304 g/mol. The Morgan fingerprint density at radius 3 is 3.00 bits per heavy atom. The van der Waals surface area contributed by atoms with E-state index in [2.05, 4.69) is 10.2 Å². The minimum absolute atomic E-state index is 0.201. The summed E-state index contributed by atoms with van der Waals surface area (Å²) in [7, 11) is 0. The van der Waals surface area contributed by atoms with Crippen molar-refractivity contribution in [2.45, 2.75) is 37.3 Å². The first-order valence-corrected chi connectivity index (χ1v) is 7.85. The number of hydrogen-bond acceptors (Lipinski definition) is 7. The van der Waals surface area contributed by atoms with Crippen LogP contribution in [0.1, 0.15) is 23.4 Å². The molecule has 2 heterocycles. The van der Waals surface area contributed by atoms with Crippen molar-refractivity contribution in [2.24, 2.45) is 0 Å². The molecule has 1 atom stereocenters. The van der Waals surface area contributed by atoms with Crippen molar-refractivity contribution < 1.29 is 18.7 Å². The largest absolute Gasteiger partial charge is 0.484 e. The van der Waals surface area contributed by atoms with E-state index in [0.717, 1.165) is 16.9 Å². The van der Waals surface area contributed by atoms with Crippen molar-refractivity contribution in [3.05, 3.63) is 35.2 Å². The number of esters is 1. The molecule has 0 N–H and O–H groups in total. The maximum atomic E-state index is 11.4. The monoisotopic (exact) mass is 320 g/mol. The topological polar surface area (TPSA) is 74.5 Å². The average molecular weight is 320 g/mol. The van der Waals surface area contributed by atoms with Crippen molar-refractivity contribution in [2.75, 3.05) is 6.61 Å². The minimum Gasteiger partial charge on any atom is -0.484 e. The van der Waals surface area contributed by atoms with Gasteiger partial charge in [0, 0.05) is 6.42 Å². The quantitative estimate of drug-likeness (QED) is 0.784. The fourth-order valence-corrected chi connectivity index (χ4v) is 2.91. The molecule has 0 aliphatic carbocycles. The zero-order chi connectivity index (χ0) is 15.5. The highest BCUT2D eigenvalue weighted by molar-refractivity contribution is 8.00. The Balaban J connectivity index is 1.59. The first-order valence-electron chi connectivity index (χ1n) is 6.97. The summed E-state index contributed by atoms with van der Waals surface area (Å²) in [6, 6.07) is 6.01. The average Bonchev–Trinajstić information content (AvgIpc) is 3.10. The Morgan fingerprint density at radius 1 is 1.36 bits per heavy atom. The summed E-state index contributed by atoms with van der Waals surface area (Å²) >= 11 is 1.24. The van der Waals surface area contributed by atoms with Crippen molar-refractivity contribution in [1.29, 1.82) is 0 Å². The second-order valence-corrected chi connectivity index (χ2v) is 6.24. The molecule has 6 nitrogen and oxygen atoms in total. The van der Waals surface area contributed by atoms with Crippen LogP contribution in [0.3, 0.4) is 0 Å². The second kappa shape index (κ2) is 6.39. The van der Waals surface area contributed by atoms with Crippen LogP contribution in [0.5, 0.6) is 5.75 Å². The molecular formula is C15H16N2O4S. The molecule has 2 aromatic rings. The van der Waals surface area contributed by atoms with Gasteiger partial charge in [-0.25, -0.2) is 0 Å². The summed E-state index contributed by atoms with van der Waals surface area (Å²) in [5.41, 5.74) is 2.18. The third-order valence-corrected chi connectivity index (χ3v) is 4.35. The number of ether oxygens (including phenoxy) is 2. The molecule has 0 saturated carbocycles. The standard InChI is InChI=1S/C15H16N2O4S/c1-9-3-4-10(2)11(7-9)20-8-13-16-17-15(21-13)22-12-5-6-19-14(12)18/h3-4,7,12H,5-6,8H2,1-2H3. The molecule has 1 aromatic carbocycles. The Hall–Kier alpha value is -2.02. The third-order valence-electron chi connectivity index (χ3n) is 3.27. The highest BCUT2D eigenvalue weighted by Gasteiger charge is 2.29. The Bertz CT molecular complexity index is 686. The third kappa shape index (κ3) is 3.41. The van der Waals surface area contributed by atoms with E-state index in [9.17, 15) is 4.79 Å². The van der Waals surface area contributed by atoms with Crippen LogP contribution >= 0.6 is 11.8 Å². The summed E-state index contributed by atoms with van der Waals surface area (Å²) in [6.07, 6.45) is 0.667. The van der Waals surface area contributed by atoms with E-state index in [1.54, 1.807) is 0 Å². The zero-order valence-corrected chi connectivity index (χ0v) is 13.2. The van der Waals surface area contributed by atoms with Crippen LogP contribution in [-0.4, -0.2) is 28.0 Å². The van der Waals surface area contributed by atoms with Gasteiger partial charge >= 0.3 is 5.97 Å². The minimum atomic E-state index is -0.256. The number of aryl methyl sites for hydroxylation is 2. The highest BCUT2D eigenvalue weighted by Crippen LogP contribution is 2.28. The molecule has 0 bridgehead atoms. The van der Waals surface area contributed by atoms with Crippen LogP contribution in [0.25, 0.3) is 0 Å². The summed E-state index contributed by atoms with van der Waals surface area (Å²) < 4.78 is 16.1. The number of aromatic nitrogens is 2. The molecule has 7 heteroatoms. The van der Waals surface area contributed by atoms with E-state index in [1.807, 2.05) is 32.0 Å². The molecule has 1 unspecified atom stereocenters. The van der Waals surface area contributed by atoms with Gasteiger partial charge in [-0.1, -0.05) is 12.1 Å². The maximum absolute atomic E-state index is 11.4. The van der Waals surface area contributed by atoms with E-state index >= 15 is 0 Å². The van der Waals surface area contributed by atoms with Gasteiger partial charge in [0.2, 0.25) is 0 Å². The van der Waals surface area contributed by atoms with Gasteiger partial charge in [0.1, 0.15) is 11.0 Å². The SMILES string of the molecule is Cc1ccc(C)c(OCc2nnc(SC3CCOC3=O)o2)c1. The van der Waals surface area contributed by atoms with Crippen LogP contribution in [0.15, 0.2) is 27.8 Å². The lowest BCUT2D eigenvalue weighted by molar-refractivity contribution is -0.137. The smallest absolute Gasteiger partial charge is 0.319 e. The van der Waals surface area contributed by atoms with Gasteiger partial charge in [-0.3, -0.25) is 4.79 Å². The van der Waals surface area contributed by atoms with Gasteiger partial charge in [-0.2, -0.15) is 0 Å². The number of carbonyl (C=O) groups excluding carboxylic acids is 1. The van der Waals surface area contributed by atoms with Crippen LogP contribution in [0.2, 0.25) is 0 Å². The number of nitrogens with zero attached hydrogens (tertiary/aromatic N) is 2. The summed E-state index contributed by atoms with van der Waals surface area (Å²) in [6.45, 7) is 4.64. The molecule has 1 aliphatic heterocycles. The zero-order valence-electron chi connectivity index (χ0n) is 12.4. The van der Waals surface area contributed by atoms with Gasteiger partial charge < -0.3 is 13.9 Å². The van der Waals surface area contributed by atoms with E-state index < -0.39 is 0 Å². The molecule has 1 aromatic heterocycles. The number of carbonyl (C=O) groups is 1. The molecule has 116 valence electrons. The molecule has 3 rings (SSSR count). The van der Waals surface area contributed by atoms with Gasteiger partial charge in [0.25, 0.3) is 11.1 Å². The Labute approximate surface area is 132 Å². The number of rotatable bonds is 5. The molecule has 0 spiro atoms. The van der Waals surface area contributed by atoms with Crippen molar-refractivity contribution in [1.82, 2.24) is 10.2 Å². The van der Waals surface area contributed by atoms with Gasteiger partial charge in [-0.15, -0.1) is 10.2 Å². The normalized spacial score (nSPS) is 17.5. The molecule has 1 fully saturated rings. The number of benzene rings is 1. The first-order chi connectivity index (χ1) is 10.6. The van der Waals surface area contributed by atoms with E-state index in [4.69, 9.17) is 13.9 Å². The van der Waals surface area contributed by atoms with E-state index in [0.29, 0.717) is 24.1 Å². The fourth-order valence-electron chi connectivity index (χ4n) is 2.05. The van der Waals surface area contributed by atoms with Crippen LogP contribution in [0, 0.1) is 13.8 Å². The lowest BCUT2D eigenvalue weighted by Gasteiger charge is -2.07. The second-order valence-electron chi connectivity index (χ2n) is 5.08. The highest BCUT2D eigenvalue weighted by atomic mass is 32.2. The molecule has 0 amide bonds. The van der Waals surface area contributed by atoms with E-state index in [-0.39, 0.29) is 17.8 Å². The van der Waals surface area contributed by atoms with Crippen LogP contribution < -0.4 is 4.74 Å².